The molecule has 2 N–H and O–H groups in total. The van der Waals surface area contributed by atoms with Crippen molar-refractivity contribution in [2.75, 3.05) is 10.0 Å². The number of carbonyl (C=O) groups is 1. The number of halogens is 2. The number of aryl methyl sites for hydroxylation is 1. The van der Waals surface area contributed by atoms with Gasteiger partial charge in [0.15, 0.2) is 0 Å². The van der Waals surface area contributed by atoms with Crippen LogP contribution < -0.4 is 15.6 Å². The average molecular weight is 517 g/mol. The molecule has 4 aromatic rings. The van der Waals surface area contributed by atoms with Gasteiger partial charge < -0.3 is 5.32 Å². The fourth-order valence-corrected chi connectivity index (χ4v) is 4.55. The fraction of sp³-hybridized carbons (Fsp3) is 0.0870. The van der Waals surface area contributed by atoms with E-state index in [1.807, 2.05) is 0 Å². The van der Waals surface area contributed by atoms with E-state index in [1.165, 1.54) is 53.4 Å². The van der Waals surface area contributed by atoms with Crippen LogP contribution in [0.5, 0.6) is 0 Å². The van der Waals surface area contributed by atoms with Gasteiger partial charge in [-0.2, -0.15) is 0 Å². The number of aromatic nitrogens is 2. The van der Waals surface area contributed by atoms with Gasteiger partial charge in [0.1, 0.15) is 0 Å². The highest BCUT2D eigenvalue weighted by Crippen LogP contribution is 2.26. The Kier molecular flexibility index (Phi) is 6.87. The van der Waals surface area contributed by atoms with Crippen LogP contribution in [0.4, 0.5) is 11.4 Å². The number of hydrogen-bond acceptors (Lipinski definition) is 5. The molecule has 0 saturated heterocycles. The minimum atomic E-state index is -3.87. The van der Waals surface area contributed by atoms with Gasteiger partial charge in [0.25, 0.3) is 15.6 Å². The zero-order valence-electron chi connectivity index (χ0n) is 17.5. The molecule has 0 aliphatic carbocycles. The molecule has 0 radical (unpaired) electrons. The molecule has 174 valence electrons. The van der Waals surface area contributed by atoms with Crippen LogP contribution in [-0.4, -0.2) is 23.9 Å². The van der Waals surface area contributed by atoms with Crippen LogP contribution in [0.1, 0.15) is 6.42 Å². The molecule has 0 aliphatic heterocycles. The summed E-state index contributed by atoms with van der Waals surface area (Å²) in [5.41, 5.74) is 1.06. The maximum atomic E-state index is 12.6. The Balaban J connectivity index is 1.38. The lowest BCUT2D eigenvalue weighted by Crippen LogP contribution is -2.23. The minimum Gasteiger partial charge on any atom is -0.326 e. The lowest BCUT2D eigenvalue weighted by atomic mass is 10.2. The predicted octanol–water partition coefficient (Wildman–Crippen LogP) is 4.53. The molecule has 4 rings (SSSR count). The van der Waals surface area contributed by atoms with Crippen molar-refractivity contribution in [3.8, 4) is 0 Å². The molecule has 8 nitrogen and oxygen atoms in total. The van der Waals surface area contributed by atoms with E-state index in [9.17, 15) is 18.0 Å². The summed E-state index contributed by atoms with van der Waals surface area (Å²) >= 11 is 11.8. The normalized spacial score (nSPS) is 11.4. The molecular weight excluding hydrogens is 499 g/mol. The Morgan fingerprint density at radius 3 is 2.38 bits per heavy atom. The Hall–Kier alpha value is -3.40. The molecule has 34 heavy (non-hydrogen) atoms. The number of rotatable bonds is 7. The molecule has 0 saturated carbocycles. The molecule has 0 unspecified atom stereocenters. The smallest absolute Gasteiger partial charge is 0.261 e. The number of nitrogens with one attached hydrogen (secondary N) is 2. The third-order valence-electron chi connectivity index (χ3n) is 4.93. The molecule has 0 aliphatic rings. The van der Waals surface area contributed by atoms with Gasteiger partial charge in [0.05, 0.1) is 37.9 Å². The van der Waals surface area contributed by atoms with E-state index in [4.69, 9.17) is 23.2 Å². The molecule has 0 fully saturated rings. The van der Waals surface area contributed by atoms with Crippen molar-refractivity contribution in [3.63, 3.8) is 0 Å². The largest absolute Gasteiger partial charge is 0.326 e. The number of hydrogen-bond donors (Lipinski definition) is 2. The third-order valence-corrected chi connectivity index (χ3v) is 7.07. The van der Waals surface area contributed by atoms with Gasteiger partial charge in [0, 0.05) is 18.7 Å². The fourth-order valence-electron chi connectivity index (χ4n) is 3.20. The first kappa shape index (κ1) is 23.7. The molecule has 1 amide bonds. The van der Waals surface area contributed by atoms with Crippen LogP contribution in [0.15, 0.2) is 82.7 Å². The molecule has 0 spiro atoms. The van der Waals surface area contributed by atoms with E-state index < -0.39 is 10.0 Å². The molecule has 3 aromatic carbocycles. The second-order valence-corrected chi connectivity index (χ2v) is 9.81. The maximum absolute atomic E-state index is 12.6. The monoisotopic (exact) mass is 516 g/mol. The number of fused-ring (bicyclic) bond motifs is 1. The first-order valence-electron chi connectivity index (χ1n) is 10.0. The number of anilines is 2. The molecule has 1 aromatic heterocycles. The van der Waals surface area contributed by atoms with Gasteiger partial charge in [0.2, 0.25) is 5.91 Å². The summed E-state index contributed by atoms with van der Waals surface area (Å²) in [6.07, 6.45) is 1.46. The Labute approximate surface area is 205 Å². The Morgan fingerprint density at radius 2 is 1.65 bits per heavy atom. The molecule has 11 heteroatoms. The highest BCUT2D eigenvalue weighted by Gasteiger charge is 2.15. The molecular formula is C23H18Cl2N4O4S. The first-order valence-corrected chi connectivity index (χ1v) is 12.3. The van der Waals surface area contributed by atoms with Gasteiger partial charge in [-0.3, -0.25) is 18.9 Å². The number of sulfonamides is 1. The van der Waals surface area contributed by atoms with Gasteiger partial charge in [-0.15, -0.1) is 0 Å². The van der Waals surface area contributed by atoms with Gasteiger partial charge in [-0.1, -0.05) is 35.3 Å². The zero-order valence-corrected chi connectivity index (χ0v) is 19.9. The number of benzene rings is 3. The molecule has 0 bridgehead atoms. The van der Waals surface area contributed by atoms with Gasteiger partial charge in [-0.05, 0) is 54.6 Å². The van der Waals surface area contributed by atoms with Crippen molar-refractivity contribution in [1.29, 1.82) is 0 Å². The minimum absolute atomic E-state index is 0.00496. The lowest BCUT2D eigenvalue weighted by molar-refractivity contribution is -0.116. The highest BCUT2D eigenvalue weighted by atomic mass is 35.5. The van der Waals surface area contributed by atoms with Crippen molar-refractivity contribution in [3.05, 3.63) is 93.5 Å². The average Bonchev–Trinajstić information content (AvgIpc) is 2.81. The van der Waals surface area contributed by atoms with E-state index >= 15 is 0 Å². The van der Waals surface area contributed by atoms with E-state index in [2.05, 4.69) is 15.0 Å². The highest BCUT2D eigenvalue weighted by molar-refractivity contribution is 7.92. The standard InChI is InChI=1S/C23H18Cl2N4O4S/c24-19-10-7-16(13-20(19)25)28-34(32,33)17-8-5-15(6-9-17)27-22(30)11-12-29-14-26-21-4-2-1-3-18(21)23(29)31/h1-10,13-14,28H,11-12H2,(H,27,30). The maximum Gasteiger partial charge on any atom is 0.261 e. The Bertz CT molecular complexity index is 1540. The summed E-state index contributed by atoms with van der Waals surface area (Å²) in [6, 6.07) is 17.1. The van der Waals surface area contributed by atoms with Crippen LogP contribution in [0, 0.1) is 0 Å². The number of carbonyl (C=O) groups excluding carboxylic acids is 1. The SMILES string of the molecule is O=C(CCn1cnc2ccccc2c1=O)Nc1ccc(S(=O)(=O)Nc2ccc(Cl)c(Cl)c2)cc1. The summed E-state index contributed by atoms with van der Waals surface area (Å²) < 4.78 is 29.0. The van der Waals surface area contributed by atoms with Crippen LogP contribution in [0.2, 0.25) is 10.0 Å². The number of para-hydroxylation sites is 1. The van der Waals surface area contributed by atoms with E-state index in [-0.39, 0.29) is 40.0 Å². The molecule has 1 heterocycles. The molecule has 0 atom stereocenters. The lowest BCUT2D eigenvalue weighted by Gasteiger charge is -2.10. The third kappa shape index (κ3) is 5.39. The Morgan fingerprint density at radius 1 is 0.941 bits per heavy atom. The van der Waals surface area contributed by atoms with Crippen LogP contribution >= 0.6 is 23.2 Å². The quantitative estimate of drug-likeness (QED) is 0.374. The van der Waals surface area contributed by atoms with E-state index in [1.54, 1.807) is 24.3 Å². The zero-order chi connectivity index (χ0) is 24.3. The van der Waals surface area contributed by atoms with Crippen molar-refractivity contribution in [2.45, 2.75) is 17.9 Å². The summed E-state index contributed by atoms with van der Waals surface area (Å²) in [5.74, 6) is -0.329. The van der Waals surface area contributed by atoms with Crippen molar-refractivity contribution in [2.24, 2.45) is 0 Å². The predicted molar refractivity (Wildman–Crippen MR) is 133 cm³/mol. The second-order valence-electron chi connectivity index (χ2n) is 7.32. The summed E-state index contributed by atoms with van der Waals surface area (Å²) in [6.45, 7) is 0.155. The van der Waals surface area contributed by atoms with Crippen molar-refractivity contribution in [1.82, 2.24) is 9.55 Å². The van der Waals surface area contributed by atoms with Crippen molar-refractivity contribution >= 4 is 61.4 Å². The number of nitrogens with zero attached hydrogens (tertiary/aromatic N) is 2. The van der Waals surface area contributed by atoms with Crippen LogP contribution in [-0.2, 0) is 21.4 Å². The van der Waals surface area contributed by atoms with Crippen molar-refractivity contribution < 1.29 is 13.2 Å². The van der Waals surface area contributed by atoms with E-state index in [0.717, 1.165) is 0 Å². The topological polar surface area (TPSA) is 110 Å². The van der Waals surface area contributed by atoms with Crippen LogP contribution in [0.25, 0.3) is 10.9 Å². The van der Waals surface area contributed by atoms with Gasteiger partial charge in [-0.25, -0.2) is 13.4 Å². The first-order chi connectivity index (χ1) is 16.2. The summed E-state index contributed by atoms with van der Waals surface area (Å²) in [4.78, 5) is 29.1. The summed E-state index contributed by atoms with van der Waals surface area (Å²) in [5, 5.41) is 3.71. The van der Waals surface area contributed by atoms with Crippen LogP contribution in [0.3, 0.4) is 0 Å². The van der Waals surface area contributed by atoms with Gasteiger partial charge >= 0.3 is 0 Å². The number of amides is 1. The summed E-state index contributed by atoms with van der Waals surface area (Å²) in [7, 11) is -3.87. The van der Waals surface area contributed by atoms with E-state index in [0.29, 0.717) is 21.6 Å². The second kappa shape index (κ2) is 9.84.